The predicted octanol–water partition coefficient (Wildman–Crippen LogP) is 2.56. The Kier molecular flexibility index (Phi) is 5.22. The molecule has 0 spiro atoms. The molecule has 96 valence electrons. The number of aromatic nitrogens is 1. The summed E-state index contributed by atoms with van der Waals surface area (Å²) in [7, 11) is 3.38. The molecule has 1 heterocycles. The number of methoxy groups -OCH3 is 2. The molecule has 1 aromatic heterocycles. The molecule has 0 saturated heterocycles. The van der Waals surface area contributed by atoms with Crippen LogP contribution in [-0.4, -0.2) is 32.4 Å². The molecular formula is C13H22N2O2. The van der Waals surface area contributed by atoms with Crippen LogP contribution in [0.15, 0.2) is 18.3 Å². The number of hydrogen-bond donors (Lipinski definition) is 1. The average Bonchev–Trinajstić information content (AvgIpc) is 2.34. The highest BCUT2D eigenvalue weighted by molar-refractivity contribution is 5.49. The number of nitrogens with zero attached hydrogens (tertiary/aromatic N) is 1. The van der Waals surface area contributed by atoms with Crippen molar-refractivity contribution in [2.75, 3.05) is 32.7 Å². The van der Waals surface area contributed by atoms with Gasteiger partial charge >= 0.3 is 0 Å². The van der Waals surface area contributed by atoms with Crippen molar-refractivity contribution in [1.29, 1.82) is 0 Å². The van der Waals surface area contributed by atoms with Gasteiger partial charge in [-0.15, -0.1) is 0 Å². The monoisotopic (exact) mass is 238 g/mol. The first-order chi connectivity index (χ1) is 8.09. The molecule has 0 aromatic carbocycles. The maximum atomic E-state index is 5.24. The molecule has 0 aliphatic heterocycles. The van der Waals surface area contributed by atoms with Crippen molar-refractivity contribution < 1.29 is 9.47 Å². The zero-order valence-corrected chi connectivity index (χ0v) is 11.1. The standard InChI is InChI=1S/C13H22N2O2/c1-13(2,7-9-16-3)10-15-12-11(17-4)6-5-8-14-12/h5-6,8H,7,9-10H2,1-4H3,(H,14,15). The van der Waals surface area contributed by atoms with Crippen LogP contribution in [-0.2, 0) is 4.74 Å². The largest absolute Gasteiger partial charge is 0.493 e. The number of hydrogen-bond acceptors (Lipinski definition) is 4. The number of ether oxygens (including phenoxy) is 2. The van der Waals surface area contributed by atoms with Crippen LogP contribution >= 0.6 is 0 Å². The van der Waals surface area contributed by atoms with Gasteiger partial charge in [0.1, 0.15) is 0 Å². The summed E-state index contributed by atoms with van der Waals surface area (Å²) in [6.07, 6.45) is 2.76. The van der Waals surface area contributed by atoms with Crippen LogP contribution in [0.4, 0.5) is 5.82 Å². The fraction of sp³-hybridized carbons (Fsp3) is 0.615. The van der Waals surface area contributed by atoms with E-state index >= 15 is 0 Å². The SMILES string of the molecule is COCCC(C)(C)CNc1ncccc1OC. The number of pyridine rings is 1. The molecule has 4 nitrogen and oxygen atoms in total. The zero-order chi connectivity index (χ0) is 12.7. The van der Waals surface area contributed by atoms with E-state index in [2.05, 4.69) is 24.1 Å². The van der Waals surface area contributed by atoms with Crippen molar-refractivity contribution in [1.82, 2.24) is 4.98 Å². The molecule has 4 heteroatoms. The predicted molar refractivity (Wildman–Crippen MR) is 69.6 cm³/mol. The topological polar surface area (TPSA) is 43.4 Å². The lowest BCUT2D eigenvalue weighted by atomic mass is 9.90. The molecule has 0 fully saturated rings. The van der Waals surface area contributed by atoms with Gasteiger partial charge in [0, 0.05) is 26.5 Å². The van der Waals surface area contributed by atoms with Gasteiger partial charge in [-0.2, -0.15) is 0 Å². The van der Waals surface area contributed by atoms with Gasteiger partial charge in [-0.05, 0) is 24.0 Å². The molecule has 0 amide bonds. The van der Waals surface area contributed by atoms with E-state index in [9.17, 15) is 0 Å². The summed E-state index contributed by atoms with van der Waals surface area (Å²) in [5.74, 6) is 1.57. The summed E-state index contributed by atoms with van der Waals surface area (Å²) in [4.78, 5) is 4.27. The van der Waals surface area contributed by atoms with Gasteiger partial charge in [0.25, 0.3) is 0 Å². The lowest BCUT2D eigenvalue weighted by molar-refractivity contribution is 0.157. The lowest BCUT2D eigenvalue weighted by Crippen LogP contribution is -2.25. The Bertz CT molecular complexity index is 340. The van der Waals surface area contributed by atoms with Crippen LogP contribution in [0.2, 0.25) is 0 Å². The van der Waals surface area contributed by atoms with E-state index in [1.54, 1.807) is 20.4 Å². The Hall–Kier alpha value is -1.29. The van der Waals surface area contributed by atoms with Crippen molar-refractivity contribution in [3.63, 3.8) is 0 Å². The Labute approximate surface area is 103 Å². The van der Waals surface area contributed by atoms with Gasteiger partial charge in [0.05, 0.1) is 7.11 Å². The second-order valence-electron chi connectivity index (χ2n) is 4.81. The maximum Gasteiger partial charge on any atom is 0.168 e. The first-order valence-corrected chi connectivity index (χ1v) is 5.81. The van der Waals surface area contributed by atoms with Gasteiger partial charge in [-0.25, -0.2) is 4.98 Å². The molecule has 1 aromatic rings. The maximum absolute atomic E-state index is 5.24. The molecule has 0 bridgehead atoms. The van der Waals surface area contributed by atoms with E-state index in [-0.39, 0.29) is 5.41 Å². The van der Waals surface area contributed by atoms with Crippen LogP contribution in [0, 0.1) is 5.41 Å². The molecule has 17 heavy (non-hydrogen) atoms. The third-order valence-corrected chi connectivity index (χ3v) is 2.71. The van der Waals surface area contributed by atoms with Crippen molar-refractivity contribution in [2.45, 2.75) is 20.3 Å². The smallest absolute Gasteiger partial charge is 0.168 e. The molecule has 0 unspecified atom stereocenters. The van der Waals surface area contributed by atoms with Crippen molar-refractivity contribution in [3.8, 4) is 5.75 Å². The van der Waals surface area contributed by atoms with Crippen LogP contribution in [0.25, 0.3) is 0 Å². The minimum Gasteiger partial charge on any atom is -0.493 e. The fourth-order valence-corrected chi connectivity index (χ4v) is 1.48. The first-order valence-electron chi connectivity index (χ1n) is 5.81. The Morgan fingerprint density at radius 3 is 2.76 bits per heavy atom. The zero-order valence-electron chi connectivity index (χ0n) is 11.1. The Morgan fingerprint density at radius 2 is 2.12 bits per heavy atom. The minimum absolute atomic E-state index is 0.165. The van der Waals surface area contributed by atoms with Crippen molar-refractivity contribution >= 4 is 5.82 Å². The van der Waals surface area contributed by atoms with Gasteiger partial charge in [0.2, 0.25) is 0 Å². The van der Waals surface area contributed by atoms with Gasteiger partial charge < -0.3 is 14.8 Å². The minimum atomic E-state index is 0.165. The van der Waals surface area contributed by atoms with Gasteiger partial charge in [-0.1, -0.05) is 13.8 Å². The molecule has 0 saturated carbocycles. The summed E-state index contributed by atoms with van der Waals surface area (Å²) in [6, 6.07) is 3.76. The van der Waals surface area contributed by atoms with E-state index in [0.717, 1.165) is 31.1 Å². The van der Waals surface area contributed by atoms with Crippen LogP contribution in [0.3, 0.4) is 0 Å². The van der Waals surface area contributed by atoms with E-state index in [1.165, 1.54) is 0 Å². The summed E-state index contributed by atoms with van der Waals surface area (Å²) in [5.41, 5.74) is 0.165. The average molecular weight is 238 g/mol. The van der Waals surface area contributed by atoms with E-state index in [4.69, 9.17) is 9.47 Å². The Balaban J connectivity index is 2.54. The molecule has 0 radical (unpaired) electrons. The lowest BCUT2D eigenvalue weighted by Gasteiger charge is -2.25. The molecule has 1 rings (SSSR count). The highest BCUT2D eigenvalue weighted by Gasteiger charge is 2.18. The van der Waals surface area contributed by atoms with Crippen LogP contribution < -0.4 is 10.1 Å². The van der Waals surface area contributed by atoms with Crippen LogP contribution in [0.1, 0.15) is 20.3 Å². The van der Waals surface area contributed by atoms with Crippen molar-refractivity contribution in [2.24, 2.45) is 5.41 Å². The normalized spacial score (nSPS) is 11.3. The van der Waals surface area contributed by atoms with E-state index < -0.39 is 0 Å². The highest BCUT2D eigenvalue weighted by atomic mass is 16.5. The second kappa shape index (κ2) is 6.45. The van der Waals surface area contributed by atoms with E-state index in [0.29, 0.717) is 0 Å². The van der Waals surface area contributed by atoms with E-state index in [1.807, 2.05) is 12.1 Å². The molecule has 0 atom stereocenters. The number of anilines is 1. The van der Waals surface area contributed by atoms with Gasteiger partial charge in [-0.3, -0.25) is 0 Å². The number of nitrogens with one attached hydrogen (secondary N) is 1. The highest BCUT2D eigenvalue weighted by Crippen LogP contribution is 2.24. The summed E-state index contributed by atoms with van der Waals surface area (Å²) in [6.45, 7) is 6.01. The van der Waals surface area contributed by atoms with Crippen LogP contribution in [0.5, 0.6) is 5.75 Å². The molecule has 0 aliphatic rings. The van der Waals surface area contributed by atoms with Crippen molar-refractivity contribution in [3.05, 3.63) is 18.3 Å². The number of rotatable bonds is 7. The third-order valence-electron chi connectivity index (χ3n) is 2.71. The second-order valence-corrected chi connectivity index (χ2v) is 4.81. The summed E-state index contributed by atoms with van der Waals surface area (Å²) < 4.78 is 10.3. The quantitative estimate of drug-likeness (QED) is 0.793. The third kappa shape index (κ3) is 4.61. The fourth-order valence-electron chi connectivity index (χ4n) is 1.48. The first kappa shape index (κ1) is 13.8. The molecule has 1 N–H and O–H groups in total. The molecular weight excluding hydrogens is 216 g/mol. The Morgan fingerprint density at radius 1 is 1.35 bits per heavy atom. The summed E-state index contributed by atoms with van der Waals surface area (Å²) >= 11 is 0. The van der Waals surface area contributed by atoms with Gasteiger partial charge in [0.15, 0.2) is 11.6 Å². The summed E-state index contributed by atoms with van der Waals surface area (Å²) in [5, 5.41) is 3.32. The molecule has 0 aliphatic carbocycles.